The number of esters is 4. The molecule has 0 aliphatic carbocycles. The van der Waals surface area contributed by atoms with Crippen molar-refractivity contribution >= 4 is 23.9 Å². The van der Waals surface area contributed by atoms with Crippen molar-refractivity contribution < 1.29 is 47.6 Å². The largest absolute Gasteiger partial charge is 0.463 e. The molecule has 10 heteroatoms. The van der Waals surface area contributed by atoms with Crippen LogP contribution in [0.15, 0.2) is 12.7 Å². The van der Waals surface area contributed by atoms with Crippen molar-refractivity contribution in [2.45, 2.75) is 110 Å². The molecule has 0 aromatic carbocycles. The van der Waals surface area contributed by atoms with Crippen LogP contribution in [-0.4, -0.2) is 67.8 Å². The average Bonchev–Trinajstić information content (AvgIpc) is 2.76. The highest BCUT2D eigenvalue weighted by Gasteiger charge is 2.52. The van der Waals surface area contributed by atoms with E-state index in [4.69, 9.17) is 28.4 Å². The standard InChI is InChI=1S/C25H40O10/c1-6-7-8-9-10-11-12-13-14-15-30-25-24(34-20(5)29)23(33-19(4)28)22(32-18(3)27)21(35-25)16-31-17(2)26/h6,21-25H,1,7-16H2,2-5H3/t21-,22+,23+,24-,25-/m1/s1. The Hall–Kier alpha value is -2.46. The van der Waals surface area contributed by atoms with Gasteiger partial charge in [0, 0.05) is 34.3 Å². The Bertz CT molecular complexity index is 692. The minimum Gasteiger partial charge on any atom is -0.463 e. The zero-order valence-electron chi connectivity index (χ0n) is 21.3. The van der Waals surface area contributed by atoms with E-state index < -0.39 is 54.6 Å². The van der Waals surface area contributed by atoms with Gasteiger partial charge in [-0.25, -0.2) is 0 Å². The zero-order chi connectivity index (χ0) is 26.2. The van der Waals surface area contributed by atoms with Gasteiger partial charge in [0.25, 0.3) is 0 Å². The Morgan fingerprint density at radius 1 is 0.714 bits per heavy atom. The molecule has 35 heavy (non-hydrogen) atoms. The van der Waals surface area contributed by atoms with Crippen LogP contribution >= 0.6 is 0 Å². The molecule has 200 valence electrons. The van der Waals surface area contributed by atoms with Crippen LogP contribution in [0.4, 0.5) is 0 Å². The van der Waals surface area contributed by atoms with Crippen molar-refractivity contribution in [2.24, 2.45) is 0 Å². The van der Waals surface area contributed by atoms with Crippen LogP contribution in [0, 0.1) is 0 Å². The van der Waals surface area contributed by atoms with E-state index in [0.29, 0.717) is 6.61 Å². The van der Waals surface area contributed by atoms with Crippen molar-refractivity contribution in [3.63, 3.8) is 0 Å². The molecule has 0 bridgehead atoms. The van der Waals surface area contributed by atoms with Crippen molar-refractivity contribution in [1.29, 1.82) is 0 Å². The van der Waals surface area contributed by atoms with Crippen molar-refractivity contribution in [2.75, 3.05) is 13.2 Å². The molecule has 1 aliphatic heterocycles. The summed E-state index contributed by atoms with van der Waals surface area (Å²) in [6.45, 7) is 8.54. The third-order valence-electron chi connectivity index (χ3n) is 5.28. The van der Waals surface area contributed by atoms with Crippen LogP contribution in [-0.2, 0) is 47.6 Å². The molecule has 0 N–H and O–H groups in total. The van der Waals surface area contributed by atoms with Crippen LogP contribution < -0.4 is 0 Å². The van der Waals surface area contributed by atoms with Gasteiger partial charge < -0.3 is 28.4 Å². The Kier molecular flexibility index (Phi) is 14.9. The van der Waals surface area contributed by atoms with E-state index in [1.807, 2.05) is 6.08 Å². The molecular formula is C25H40O10. The van der Waals surface area contributed by atoms with E-state index in [9.17, 15) is 19.2 Å². The third kappa shape index (κ3) is 12.7. The Labute approximate surface area is 207 Å². The lowest BCUT2D eigenvalue weighted by atomic mass is 9.98. The number of ether oxygens (including phenoxy) is 6. The predicted molar refractivity (Wildman–Crippen MR) is 125 cm³/mol. The van der Waals surface area contributed by atoms with E-state index in [1.165, 1.54) is 40.5 Å². The van der Waals surface area contributed by atoms with Crippen LogP contribution in [0.1, 0.15) is 79.1 Å². The van der Waals surface area contributed by atoms with E-state index in [1.54, 1.807) is 0 Å². The van der Waals surface area contributed by atoms with Crippen molar-refractivity contribution in [1.82, 2.24) is 0 Å². The summed E-state index contributed by atoms with van der Waals surface area (Å²) in [5.74, 6) is -2.57. The second-order valence-electron chi connectivity index (χ2n) is 8.49. The number of carbonyl (C=O) groups is 4. The number of hydrogen-bond donors (Lipinski definition) is 0. The van der Waals surface area contributed by atoms with Gasteiger partial charge in [-0.3, -0.25) is 19.2 Å². The van der Waals surface area contributed by atoms with Crippen LogP contribution in [0.3, 0.4) is 0 Å². The van der Waals surface area contributed by atoms with Crippen molar-refractivity contribution in [3.8, 4) is 0 Å². The van der Waals surface area contributed by atoms with Gasteiger partial charge in [0.15, 0.2) is 24.6 Å². The van der Waals surface area contributed by atoms with Crippen LogP contribution in [0.25, 0.3) is 0 Å². The first-order valence-electron chi connectivity index (χ1n) is 12.2. The first kappa shape index (κ1) is 30.6. The minimum atomic E-state index is -1.21. The Balaban J connectivity index is 2.83. The molecule has 5 atom stereocenters. The molecule has 0 aromatic heterocycles. The fraction of sp³-hybridized carbons (Fsp3) is 0.760. The molecule has 0 radical (unpaired) electrons. The lowest BCUT2D eigenvalue weighted by Crippen LogP contribution is -2.63. The highest BCUT2D eigenvalue weighted by Crippen LogP contribution is 2.30. The molecule has 0 saturated carbocycles. The summed E-state index contributed by atoms with van der Waals surface area (Å²) in [6, 6.07) is 0. The van der Waals surface area contributed by atoms with Gasteiger partial charge in [0.1, 0.15) is 12.7 Å². The topological polar surface area (TPSA) is 124 Å². The van der Waals surface area contributed by atoms with Gasteiger partial charge in [0.05, 0.1) is 0 Å². The minimum absolute atomic E-state index is 0.274. The van der Waals surface area contributed by atoms with E-state index in [0.717, 1.165) is 38.5 Å². The van der Waals surface area contributed by atoms with Crippen LogP contribution in [0.5, 0.6) is 0 Å². The maximum Gasteiger partial charge on any atom is 0.303 e. The molecule has 1 saturated heterocycles. The van der Waals surface area contributed by atoms with Gasteiger partial charge in [-0.1, -0.05) is 38.2 Å². The summed E-state index contributed by atoms with van der Waals surface area (Å²) in [5.41, 5.74) is 0. The number of carbonyl (C=O) groups excluding carboxylic acids is 4. The molecule has 1 fully saturated rings. The molecule has 0 unspecified atom stereocenters. The average molecular weight is 501 g/mol. The monoisotopic (exact) mass is 500 g/mol. The molecule has 1 aliphatic rings. The van der Waals surface area contributed by atoms with Gasteiger partial charge in [0.2, 0.25) is 0 Å². The molecule has 1 rings (SSSR count). The lowest BCUT2D eigenvalue weighted by molar-refractivity contribution is -0.308. The SMILES string of the molecule is C=CCCCCCCCCCO[C@@H]1O[C@H](COC(C)=O)[C@H](OC(C)=O)[C@H](OC(C)=O)[C@H]1OC(C)=O. The molecular weight excluding hydrogens is 460 g/mol. The second-order valence-corrected chi connectivity index (χ2v) is 8.49. The number of hydrogen-bond acceptors (Lipinski definition) is 10. The first-order valence-corrected chi connectivity index (χ1v) is 12.2. The Morgan fingerprint density at radius 2 is 1.23 bits per heavy atom. The molecule has 0 aromatic rings. The number of unbranched alkanes of at least 4 members (excludes halogenated alkanes) is 7. The summed E-state index contributed by atoms with van der Waals surface area (Å²) in [7, 11) is 0. The molecule has 0 amide bonds. The number of rotatable bonds is 16. The summed E-state index contributed by atoms with van der Waals surface area (Å²) in [5, 5.41) is 0. The van der Waals surface area contributed by atoms with E-state index >= 15 is 0 Å². The normalized spacial score (nSPS) is 23.7. The van der Waals surface area contributed by atoms with Gasteiger partial charge >= 0.3 is 23.9 Å². The van der Waals surface area contributed by atoms with Gasteiger partial charge in [-0.15, -0.1) is 6.58 Å². The summed E-state index contributed by atoms with van der Waals surface area (Å²) in [4.78, 5) is 46.7. The maximum absolute atomic E-state index is 11.8. The smallest absolute Gasteiger partial charge is 0.303 e. The fourth-order valence-electron chi connectivity index (χ4n) is 3.80. The summed E-state index contributed by atoms with van der Waals surface area (Å²) >= 11 is 0. The third-order valence-corrected chi connectivity index (χ3v) is 5.28. The number of allylic oxidation sites excluding steroid dienone is 1. The lowest BCUT2D eigenvalue weighted by Gasteiger charge is -2.44. The van der Waals surface area contributed by atoms with Gasteiger partial charge in [-0.2, -0.15) is 0 Å². The fourth-order valence-corrected chi connectivity index (χ4v) is 3.80. The molecule has 10 nitrogen and oxygen atoms in total. The predicted octanol–water partition coefficient (Wildman–Crippen LogP) is 3.39. The Morgan fingerprint density at radius 3 is 1.77 bits per heavy atom. The van der Waals surface area contributed by atoms with E-state index in [2.05, 4.69) is 6.58 Å². The van der Waals surface area contributed by atoms with Crippen molar-refractivity contribution in [3.05, 3.63) is 12.7 Å². The zero-order valence-corrected chi connectivity index (χ0v) is 21.3. The highest BCUT2D eigenvalue weighted by molar-refractivity contribution is 5.68. The highest BCUT2D eigenvalue weighted by atomic mass is 16.7. The maximum atomic E-state index is 11.8. The first-order chi connectivity index (χ1) is 16.6. The van der Waals surface area contributed by atoms with E-state index in [-0.39, 0.29) is 6.61 Å². The molecule has 1 heterocycles. The van der Waals surface area contributed by atoms with Crippen LogP contribution in [0.2, 0.25) is 0 Å². The van der Waals surface area contributed by atoms with Gasteiger partial charge in [-0.05, 0) is 19.3 Å². The second kappa shape index (κ2) is 17.0. The summed E-state index contributed by atoms with van der Waals surface area (Å²) in [6.07, 6.45) is 4.72. The quantitative estimate of drug-likeness (QED) is 0.135. The molecule has 0 spiro atoms. The summed E-state index contributed by atoms with van der Waals surface area (Å²) < 4.78 is 32.9.